The molecule has 2 aromatic carbocycles. The minimum absolute atomic E-state index is 0.0373. The average Bonchev–Trinajstić information content (AvgIpc) is 2.78. The number of hydrogen-bond acceptors (Lipinski definition) is 3. The minimum atomic E-state index is -4.17. The van der Waals surface area contributed by atoms with Crippen LogP contribution in [0.4, 0.5) is 17.6 Å². The van der Waals surface area contributed by atoms with Crippen molar-refractivity contribution < 1.29 is 32.2 Å². The Hall–Kier alpha value is -2.35. The standard InChI is InChI=1S/C26H31F4NO3/c27-14-23-22-12-18(16-31-11-1-2-17(15-31)13-25(32)33)3-4-19(22)5-10-24(23)34-21-8-6-20(7-9-21)26(28,29)30/h3-5,10,12,17,20-21H,1-2,6-9,11,13-16H2,(H,32,33)/t17-,20?,21?/m1/s1. The van der Waals surface area contributed by atoms with E-state index in [-0.39, 0.29) is 31.3 Å². The summed E-state index contributed by atoms with van der Waals surface area (Å²) in [6.45, 7) is 1.56. The molecule has 0 spiro atoms. The second-order valence-corrected chi connectivity index (χ2v) is 9.71. The first-order chi connectivity index (χ1) is 16.2. The Morgan fingerprint density at radius 3 is 2.50 bits per heavy atom. The SMILES string of the molecule is O=C(O)C[C@H]1CCCN(Cc2ccc3ccc(OC4CCC(C(F)(F)F)CC4)c(CF)c3c2)C1. The van der Waals surface area contributed by atoms with Crippen LogP contribution in [-0.4, -0.2) is 41.3 Å². The van der Waals surface area contributed by atoms with E-state index < -0.39 is 24.7 Å². The number of fused-ring (bicyclic) bond motifs is 1. The molecule has 0 amide bonds. The zero-order valence-corrected chi connectivity index (χ0v) is 19.1. The second-order valence-electron chi connectivity index (χ2n) is 9.71. The summed E-state index contributed by atoms with van der Waals surface area (Å²) in [6.07, 6.45) is -1.79. The van der Waals surface area contributed by atoms with Gasteiger partial charge in [0.05, 0.1) is 12.0 Å². The van der Waals surface area contributed by atoms with Gasteiger partial charge in [-0.15, -0.1) is 0 Å². The number of benzene rings is 2. The zero-order chi connectivity index (χ0) is 24.3. The molecule has 1 atom stereocenters. The molecular formula is C26H31F4NO3. The van der Waals surface area contributed by atoms with E-state index in [1.807, 2.05) is 24.3 Å². The molecule has 2 aromatic rings. The second kappa shape index (κ2) is 10.5. The summed E-state index contributed by atoms with van der Waals surface area (Å²) in [4.78, 5) is 13.3. The summed E-state index contributed by atoms with van der Waals surface area (Å²) in [7, 11) is 0. The van der Waals surface area contributed by atoms with Crippen LogP contribution in [0, 0.1) is 11.8 Å². The number of halogens is 4. The first kappa shape index (κ1) is 24.8. The fraction of sp³-hybridized carbons (Fsp3) is 0.577. The van der Waals surface area contributed by atoms with Crippen LogP contribution < -0.4 is 4.74 Å². The van der Waals surface area contributed by atoms with Gasteiger partial charge in [-0.05, 0) is 79.5 Å². The van der Waals surface area contributed by atoms with Gasteiger partial charge < -0.3 is 9.84 Å². The van der Waals surface area contributed by atoms with Crippen LogP contribution in [0.5, 0.6) is 5.75 Å². The Kier molecular flexibility index (Phi) is 7.65. The molecule has 0 aromatic heterocycles. The summed E-state index contributed by atoms with van der Waals surface area (Å²) < 4.78 is 59.0. The van der Waals surface area contributed by atoms with Gasteiger partial charge >= 0.3 is 12.1 Å². The topological polar surface area (TPSA) is 49.8 Å². The monoisotopic (exact) mass is 481 g/mol. The van der Waals surface area contributed by atoms with Gasteiger partial charge in [-0.3, -0.25) is 9.69 Å². The Bertz CT molecular complexity index is 1000. The maximum Gasteiger partial charge on any atom is 0.391 e. The molecule has 1 aliphatic heterocycles. The van der Waals surface area contributed by atoms with Crippen LogP contribution in [0.25, 0.3) is 10.8 Å². The van der Waals surface area contributed by atoms with Crippen molar-refractivity contribution in [1.29, 1.82) is 0 Å². The third-order valence-electron chi connectivity index (χ3n) is 7.19. The van der Waals surface area contributed by atoms with Crippen molar-refractivity contribution in [3.63, 3.8) is 0 Å². The lowest BCUT2D eigenvalue weighted by molar-refractivity contribution is -0.185. The zero-order valence-electron chi connectivity index (χ0n) is 19.1. The Morgan fingerprint density at radius 2 is 1.82 bits per heavy atom. The van der Waals surface area contributed by atoms with Gasteiger partial charge in [0.1, 0.15) is 12.4 Å². The number of piperidine rings is 1. The van der Waals surface area contributed by atoms with Gasteiger partial charge in [-0.2, -0.15) is 13.2 Å². The molecule has 1 aliphatic carbocycles. The Labute approximate surface area is 196 Å². The maximum atomic E-state index is 14.2. The highest BCUT2D eigenvalue weighted by Gasteiger charge is 2.41. The summed E-state index contributed by atoms with van der Waals surface area (Å²) >= 11 is 0. The molecule has 0 bridgehead atoms. The highest BCUT2D eigenvalue weighted by atomic mass is 19.4. The molecule has 4 nitrogen and oxygen atoms in total. The van der Waals surface area contributed by atoms with E-state index in [0.29, 0.717) is 30.7 Å². The van der Waals surface area contributed by atoms with Crippen molar-refractivity contribution in [2.24, 2.45) is 11.8 Å². The van der Waals surface area contributed by atoms with Crippen molar-refractivity contribution in [3.8, 4) is 5.75 Å². The number of carboxylic acid groups (broad SMARTS) is 1. The maximum absolute atomic E-state index is 14.2. The molecule has 4 rings (SSSR count). The van der Waals surface area contributed by atoms with Gasteiger partial charge in [0.2, 0.25) is 0 Å². The number of hydrogen-bond donors (Lipinski definition) is 1. The van der Waals surface area contributed by atoms with Gasteiger partial charge in [0, 0.05) is 25.1 Å². The van der Waals surface area contributed by atoms with Gasteiger partial charge in [-0.25, -0.2) is 4.39 Å². The van der Waals surface area contributed by atoms with E-state index in [9.17, 15) is 22.4 Å². The molecule has 1 saturated heterocycles. The molecule has 2 aliphatic rings. The summed E-state index contributed by atoms with van der Waals surface area (Å²) in [6, 6.07) is 9.48. The smallest absolute Gasteiger partial charge is 0.391 e. The fourth-order valence-corrected chi connectivity index (χ4v) is 5.41. The fourth-order valence-electron chi connectivity index (χ4n) is 5.41. The average molecular weight is 482 g/mol. The van der Waals surface area contributed by atoms with E-state index in [4.69, 9.17) is 9.84 Å². The lowest BCUT2D eigenvalue weighted by Gasteiger charge is -2.32. The third kappa shape index (κ3) is 6.01. The van der Waals surface area contributed by atoms with Gasteiger partial charge in [0.15, 0.2) is 0 Å². The van der Waals surface area contributed by atoms with Gasteiger partial charge in [-0.1, -0.05) is 18.2 Å². The highest BCUT2D eigenvalue weighted by Crippen LogP contribution is 2.39. The lowest BCUT2D eigenvalue weighted by atomic mass is 9.87. The third-order valence-corrected chi connectivity index (χ3v) is 7.19. The molecular weight excluding hydrogens is 450 g/mol. The summed E-state index contributed by atoms with van der Waals surface area (Å²) in [5.41, 5.74) is 1.45. The van der Waals surface area contributed by atoms with E-state index in [2.05, 4.69) is 4.90 Å². The number of nitrogens with zero attached hydrogens (tertiary/aromatic N) is 1. The van der Waals surface area contributed by atoms with Crippen LogP contribution in [-0.2, 0) is 18.0 Å². The van der Waals surface area contributed by atoms with Crippen LogP contribution in [0.1, 0.15) is 56.1 Å². The quantitative estimate of drug-likeness (QED) is 0.459. The number of likely N-dealkylation sites (tertiary alicyclic amines) is 1. The van der Waals surface area contributed by atoms with Crippen LogP contribution in [0.15, 0.2) is 30.3 Å². The number of carbonyl (C=O) groups is 1. The Balaban J connectivity index is 1.47. The van der Waals surface area contributed by atoms with Crippen molar-refractivity contribution in [1.82, 2.24) is 4.90 Å². The molecule has 1 heterocycles. The van der Waals surface area contributed by atoms with Crippen molar-refractivity contribution in [2.75, 3.05) is 13.1 Å². The molecule has 0 radical (unpaired) electrons. The van der Waals surface area contributed by atoms with Crippen molar-refractivity contribution >= 4 is 16.7 Å². The number of aliphatic carboxylic acids is 1. The van der Waals surface area contributed by atoms with E-state index in [1.54, 1.807) is 6.07 Å². The predicted octanol–water partition coefficient (Wildman–Crippen LogP) is 6.50. The molecule has 1 saturated carbocycles. The largest absolute Gasteiger partial charge is 0.490 e. The molecule has 8 heteroatoms. The number of alkyl halides is 4. The van der Waals surface area contributed by atoms with Crippen LogP contribution in [0.2, 0.25) is 0 Å². The van der Waals surface area contributed by atoms with Crippen LogP contribution in [0.3, 0.4) is 0 Å². The highest BCUT2D eigenvalue weighted by molar-refractivity contribution is 5.88. The van der Waals surface area contributed by atoms with E-state index in [0.717, 1.165) is 42.3 Å². The molecule has 34 heavy (non-hydrogen) atoms. The van der Waals surface area contributed by atoms with Crippen molar-refractivity contribution in [3.05, 3.63) is 41.5 Å². The summed E-state index contributed by atoms with van der Waals surface area (Å²) in [5, 5.41) is 10.7. The lowest BCUT2D eigenvalue weighted by Crippen LogP contribution is -2.35. The predicted molar refractivity (Wildman–Crippen MR) is 121 cm³/mol. The number of ether oxygens (including phenoxy) is 1. The van der Waals surface area contributed by atoms with Crippen molar-refractivity contribution in [2.45, 2.75) is 70.4 Å². The first-order valence-corrected chi connectivity index (χ1v) is 12.0. The van der Waals surface area contributed by atoms with E-state index in [1.165, 1.54) is 0 Å². The normalized spacial score (nSPS) is 24.3. The molecule has 0 unspecified atom stereocenters. The summed E-state index contributed by atoms with van der Waals surface area (Å²) in [5.74, 6) is -1.51. The number of carboxylic acids is 1. The molecule has 2 fully saturated rings. The van der Waals surface area contributed by atoms with E-state index >= 15 is 0 Å². The minimum Gasteiger partial charge on any atom is -0.490 e. The number of rotatable bonds is 7. The molecule has 186 valence electrons. The molecule has 1 N–H and O–H groups in total. The first-order valence-electron chi connectivity index (χ1n) is 12.0. The van der Waals surface area contributed by atoms with Gasteiger partial charge in [0.25, 0.3) is 0 Å². The van der Waals surface area contributed by atoms with Crippen LogP contribution >= 0.6 is 0 Å². The Morgan fingerprint density at radius 1 is 1.09 bits per heavy atom.